The molecule has 1 aromatic heterocycles. The van der Waals surface area contributed by atoms with E-state index in [0.29, 0.717) is 38.3 Å². The predicted molar refractivity (Wildman–Crippen MR) is 129 cm³/mol. The monoisotopic (exact) mass is 442 g/mol. The Morgan fingerprint density at radius 3 is 2.58 bits per heavy atom. The molecule has 33 heavy (non-hydrogen) atoms. The normalized spacial score (nSPS) is 16.5. The number of aryl methyl sites for hydroxylation is 1. The lowest BCUT2D eigenvalue weighted by Gasteiger charge is -2.24. The number of carbonyl (C=O) groups is 2. The Balaban J connectivity index is 1.59. The molecular formula is C27H30N4O2. The maximum absolute atomic E-state index is 13.4. The molecule has 1 saturated heterocycles. The number of hydrogen-bond donors (Lipinski definition) is 0. The number of carbonyl (C=O) groups excluding carboxylic acids is 2. The van der Waals surface area contributed by atoms with E-state index in [-0.39, 0.29) is 17.7 Å². The SMILES string of the molecule is CCCN1CCN(C(=O)c2cnccn2)C[C@@H](Cc2cccc(-c3cccc(C)c3)c2)C1=O. The van der Waals surface area contributed by atoms with Gasteiger partial charge in [0.05, 0.1) is 12.1 Å². The van der Waals surface area contributed by atoms with Crippen LogP contribution in [0.4, 0.5) is 0 Å². The lowest BCUT2D eigenvalue weighted by atomic mass is 9.94. The number of hydrogen-bond acceptors (Lipinski definition) is 4. The molecule has 1 aliphatic heterocycles. The van der Waals surface area contributed by atoms with Gasteiger partial charge in [-0.1, -0.05) is 61.0 Å². The second kappa shape index (κ2) is 10.4. The van der Waals surface area contributed by atoms with Crippen molar-refractivity contribution in [2.24, 2.45) is 5.92 Å². The Kier molecular flexibility index (Phi) is 7.13. The van der Waals surface area contributed by atoms with Crippen molar-refractivity contribution < 1.29 is 9.59 Å². The summed E-state index contributed by atoms with van der Waals surface area (Å²) in [5.74, 6) is -0.354. The Morgan fingerprint density at radius 1 is 1.06 bits per heavy atom. The van der Waals surface area contributed by atoms with Crippen LogP contribution in [0, 0.1) is 12.8 Å². The van der Waals surface area contributed by atoms with E-state index < -0.39 is 0 Å². The van der Waals surface area contributed by atoms with Crippen molar-refractivity contribution >= 4 is 11.8 Å². The van der Waals surface area contributed by atoms with Crippen molar-refractivity contribution in [2.45, 2.75) is 26.7 Å². The van der Waals surface area contributed by atoms with E-state index in [9.17, 15) is 9.59 Å². The smallest absolute Gasteiger partial charge is 0.274 e. The molecule has 0 unspecified atom stereocenters. The first-order valence-electron chi connectivity index (χ1n) is 11.5. The Morgan fingerprint density at radius 2 is 1.85 bits per heavy atom. The molecule has 6 nitrogen and oxygen atoms in total. The van der Waals surface area contributed by atoms with Gasteiger partial charge in [0.15, 0.2) is 0 Å². The number of rotatable bonds is 6. The van der Waals surface area contributed by atoms with Crippen LogP contribution in [0.25, 0.3) is 11.1 Å². The molecular weight excluding hydrogens is 412 g/mol. The van der Waals surface area contributed by atoms with E-state index in [1.54, 1.807) is 11.1 Å². The molecule has 0 bridgehead atoms. The van der Waals surface area contributed by atoms with Crippen molar-refractivity contribution in [2.75, 3.05) is 26.2 Å². The average molecular weight is 443 g/mol. The molecule has 2 heterocycles. The molecule has 0 N–H and O–H groups in total. The van der Waals surface area contributed by atoms with Crippen molar-refractivity contribution in [3.05, 3.63) is 83.9 Å². The summed E-state index contributed by atoms with van der Waals surface area (Å²) in [6.07, 6.45) is 6.03. The Bertz CT molecular complexity index is 1120. The molecule has 1 fully saturated rings. The molecule has 0 saturated carbocycles. The molecule has 0 spiro atoms. The third-order valence-corrected chi connectivity index (χ3v) is 6.07. The first kappa shape index (κ1) is 22.6. The maximum Gasteiger partial charge on any atom is 0.274 e. The minimum absolute atomic E-state index is 0.118. The van der Waals surface area contributed by atoms with Crippen LogP contribution in [0.3, 0.4) is 0 Å². The van der Waals surface area contributed by atoms with E-state index in [1.165, 1.54) is 18.0 Å². The first-order valence-corrected chi connectivity index (χ1v) is 11.5. The van der Waals surface area contributed by atoms with E-state index in [0.717, 1.165) is 23.1 Å². The maximum atomic E-state index is 13.4. The third-order valence-electron chi connectivity index (χ3n) is 6.07. The summed E-state index contributed by atoms with van der Waals surface area (Å²) in [4.78, 5) is 38.3. The highest BCUT2D eigenvalue weighted by molar-refractivity contribution is 5.92. The van der Waals surface area contributed by atoms with Crippen LogP contribution >= 0.6 is 0 Å². The molecule has 1 aliphatic rings. The van der Waals surface area contributed by atoms with Crippen LogP contribution < -0.4 is 0 Å². The van der Waals surface area contributed by atoms with Crippen LogP contribution in [0.5, 0.6) is 0 Å². The van der Waals surface area contributed by atoms with Gasteiger partial charge in [0.25, 0.3) is 5.91 Å². The highest BCUT2D eigenvalue weighted by Crippen LogP contribution is 2.24. The predicted octanol–water partition coefficient (Wildman–Crippen LogP) is 4.01. The summed E-state index contributed by atoms with van der Waals surface area (Å²) in [6, 6.07) is 16.8. The zero-order valence-corrected chi connectivity index (χ0v) is 19.3. The van der Waals surface area contributed by atoms with Crippen LogP contribution in [0.15, 0.2) is 67.1 Å². The fraction of sp³-hybridized carbons (Fsp3) is 0.333. The third kappa shape index (κ3) is 5.45. The van der Waals surface area contributed by atoms with Gasteiger partial charge >= 0.3 is 0 Å². The molecule has 170 valence electrons. The standard InChI is InChI=1S/C27H30N4O2/c1-3-12-30-13-14-31(27(33)25-18-28-10-11-29-25)19-24(26(30)32)17-21-7-5-9-23(16-21)22-8-4-6-20(2)15-22/h4-11,15-16,18,24H,3,12-14,17,19H2,1-2H3/t24-/m1/s1. The molecule has 2 amide bonds. The van der Waals surface area contributed by atoms with Gasteiger partial charge in [-0.05, 0) is 36.5 Å². The lowest BCUT2D eigenvalue weighted by Crippen LogP contribution is -2.38. The molecule has 2 aromatic carbocycles. The van der Waals surface area contributed by atoms with Crippen LogP contribution in [-0.4, -0.2) is 57.8 Å². The Hall–Kier alpha value is -3.54. The number of nitrogens with zero attached hydrogens (tertiary/aromatic N) is 4. The highest BCUT2D eigenvalue weighted by atomic mass is 16.2. The summed E-state index contributed by atoms with van der Waals surface area (Å²) < 4.78 is 0. The summed E-state index contributed by atoms with van der Waals surface area (Å²) in [5.41, 5.74) is 4.92. The van der Waals surface area contributed by atoms with Gasteiger partial charge in [-0.25, -0.2) is 4.98 Å². The van der Waals surface area contributed by atoms with Gasteiger partial charge in [0.1, 0.15) is 5.69 Å². The summed E-state index contributed by atoms with van der Waals surface area (Å²) in [7, 11) is 0. The number of aromatic nitrogens is 2. The van der Waals surface area contributed by atoms with Gasteiger partial charge in [0.2, 0.25) is 5.91 Å². The van der Waals surface area contributed by atoms with Gasteiger partial charge in [-0.15, -0.1) is 0 Å². The molecule has 0 aliphatic carbocycles. The van der Waals surface area contributed by atoms with Crippen LogP contribution in [0.2, 0.25) is 0 Å². The fourth-order valence-electron chi connectivity index (χ4n) is 4.43. The Labute approximate surface area is 195 Å². The second-order valence-electron chi connectivity index (χ2n) is 8.64. The minimum atomic E-state index is -0.299. The van der Waals surface area contributed by atoms with Crippen molar-refractivity contribution in [3.63, 3.8) is 0 Å². The van der Waals surface area contributed by atoms with E-state index in [4.69, 9.17) is 0 Å². The second-order valence-corrected chi connectivity index (χ2v) is 8.64. The quantitative estimate of drug-likeness (QED) is 0.579. The van der Waals surface area contributed by atoms with Gasteiger partial charge < -0.3 is 9.80 Å². The zero-order valence-electron chi connectivity index (χ0n) is 19.3. The zero-order chi connectivity index (χ0) is 23.2. The number of benzene rings is 2. The molecule has 4 rings (SSSR count). The van der Waals surface area contributed by atoms with E-state index in [1.807, 2.05) is 11.0 Å². The average Bonchev–Trinajstić information content (AvgIpc) is 2.99. The molecule has 0 radical (unpaired) electrons. The van der Waals surface area contributed by atoms with Gasteiger partial charge in [0, 0.05) is 38.6 Å². The first-order chi connectivity index (χ1) is 16.0. The van der Waals surface area contributed by atoms with Crippen molar-refractivity contribution in [1.29, 1.82) is 0 Å². The summed E-state index contributed by atoms with van der Waals surface area (Å²) in [5, 5.41) is 0. The van der Waals surface area contributed by atoms with Crippen LogP contribution in [-0.2, 0) is 11.2 Å². The highest BCUT2D eigenvalue weighted by Gasteiger charge is 2.32. The summed E-state index contributed by atoms with van der Waals surface area (Å²) in [6.45, 7) is 6.28. The van der Waals surface area contributed by atoms with Gasteiger partial charge in [-0.3, -0.25) is 14.6 Å². The molecule has 1 atom stereocenters. The number of amides is 2. The minimum Gasteiger partial charge on any atom is -0.341 e. The molecule has 6 heteroatoms. The van der Waals surface area contributed by atoms with Crippen molar-refractivity contribution in [1.82, 2.24) is 19.8 Å². The van der Waals surface area contributed by atoms with Gasteiger partial charge in [-0.2, -0.15) is 0 Å². The van der Waals surface area contributed by atoms with Crippen LogP contribution in [0.1, 0.15) is 35.0 Å². The topological polar surface area (TPSA) is 66.4 Å². The molecule has 3 aromatic rings. The van der Waals surface area contributed by atoms with E-state index in [2.05, 4.69) is 66.3 Å². The lowest BCUT2D eigenvalue weighted by molar-refractivity contribution is -0.134. The largest absolute Gasteiger partial charge is 0.341 e. The van der Waals surface area contributed by atoms with E-state index >= 15 is 0 Å². The summed E-state index contributed by atoms with van der Waals surface area (Å²) >= 11 is 0. The van der Waals surface area contributed by atoms with Crippen molar-refractivity contribution in [3.8, 4) is 11.1 Å². The fourth-order valence-corrected chi connectivity index (χ4v) is 4.43.